The second kappa shape index (κ2) is 8.47. The fraction of sp³-hybridized carbons (Fsp3) is 0.211. The maximum absolute atomic E-state index is 13.8. The highest BCUT2D eigenvalue weighted by Crippen LogP contribution is 2.29. The summed E-state index contributed by atoms with van der Waals surface area (Å²) in [5.41, 5.74) is 0.203. The molecular formula is C19H17F2N3O4. The Morgan fingerprint density at radius 3 is 2.50 bits per heavy atom. The number of halogens is 2. The van der Waals surface area contributed by atoms with E-state index in [-0.39, 0.29) is 23.0 Å². The van der Waals surface area contributed by atoms with E-state index < -0.39 is 17.5 Å². The van der Waals surface area contributed by atoms with Gasteiger partial charge in [0.15, 0.2) is 11.5 Å². The molecule has 3 rings (SSSR count). The van der Waals surface area contributed by atoms with Crippen LogP contribution in [0.2, 0.25) is 0 Å². The van der Waals surface area contributed by atoms with Crippen molar-refractivity contribution in [3.8, 4) is 23.0 Å². The van der Waals surface area contributed by atoms with Crippen LogP contribution in [0.5, 0.6) is 11.5 Å². The van der Waals surface area contributed by atoms with Crippen LogP contribution in [0.25, 0.3) is 11.5 Å². The predicted octanol–water partition coefficient (Wildman–Crippen LogP) is 4.06. The quantitative estimate of drug-likeness (QED) is 0.656. The highest BCUT2D eigenvalue weighted by Gasteiger charge is 2.17. The first-order chi connectivity index (χ1) is 13.5. The van der Waals surface area contributed by atoms with E-state index in [0.717, 1.165) is 6.07 Å². The van der Waals surface area contributed by atoms with Crippen molar-refractivity contribution < 1.29 is 27.5 Å². The Kier molecular flexibility index (Phi) is 5.83. The number of hydrogen-bond acceptors (Lipinski definition) is 6. The van der Waals surface area contributed by atoms with Crippen LogP contribution in [-0.4, -0.2) is 29.3 Å². The summed E-state index contributed by atoms with van der Waals surface area (Å²) in [5, 5.41) is 9.76. The highest BCUT2D eigenvalue weighted by atomic mass is 19.1. The van der Waals surface area contributed by atoms with E-state index in [4.69, 9.17) is 13.9 Å². The van der Waals surface area contributed by atoms with Crippen LogP contribution < -0.4 is 14.8 Å². The zero-order valence-electron chi connectivity index (χ0n) is 15.2. The second-order valence-corrected chi connectivity index (χ2v) is 5.52. The number of rotatable bonds is 7. The molecule has 0 saturated carbocycles. The molecule has 0 spiro atoms. The lowest BCUT2D eigenvalue weighted by Gasteiger charge is -2.11. The number of hydrogen-bond donors (Lipinski definition) is 1. The third-order valence-corrected chi connectivity index (χ3v) is 3.61. The third kappa shape index (κ3) is 4.25. The normalized spacial score (nSPS) is 10.6. The molecule has 0 atom stereocenters. The van der Waals surface area contributed by atoms with Crippen LogP contribution in [0.1, 0.15) is 24.2 Å². The summed E-state index contributed by atoms with van der Waals surface area (Å²) in [7, 11) is 0. The van der Waals surface area contributed by atoms with Gasteiger partial charge in [0.05, 0.1) is 18.8 Å². The van der Waals surface area contributed by atoms with Gasteiger partial charge in [0.2, 0.25) is 0 Å². The lowest BCUT2D eigenvalue weighted by atomic mass is 10.2. The molecule has 0 fully saturated rings. The summed E-state index contributed by atoms with van der Waals surface area (Å²) in [6, 6.07) is 7.42. The number of nitrogens with zero attached hydrogens (tertiary/aromatic N) is 2. The Balaban J connectivity index is 1.78. The number of anilines is 1. The lowest BCUT2D eigenvalue weighted by molar-refractivity contribution is 0.102. The Labute approximate surface area is 159 Å². The Hall–Kier alpha value is -3.49. The molecule has 3 aromatic rings. The van der Waals surface area contributed by atoms with Crippen LogP contribution in [0, 0.1) is 11.6 Å². The van der Waals surface area contributed by atoms with Crippen molar-refractivity contribution in [2.75, 3.05) is 18.5 Å². The van der Waals surface area contributed by atoms with Gasteiger partial charge in [-0.15, -0.1) is 5.10 Å². The number of nitrogens with one attached hydrogen (secondary N) is 1. The molecule has 0 radical (unpaired) electrons. The van der Waals surface area contributed by atoms with Gasteiger partial charge in [-0.1, -0.05) is 5.10 Å². The fourth-order valence-corrected chi connectivity index (χ4v) is 2.41. The number of ether oxygens (including phenoxy) is 2. The van der Waals surface area contributed by atoms with Crippen molar-refractivity contribution >= 4 is 11.9 Å². The van der Waals surface area contributed by atoms with Crippen LogP contribution in [0.3, 0.4) is 0 Å². The average Bonchev–Trinajstić information content (AvgIpc) is 3.11. The third-order valence-electron chi connectivity index (χ3n) is 3.61. The molecule has 1 aromatic heterocycles. The van der Waals surface area contributed by atoms with Gasteiger partial charge in [-0.05, 0) is 44.2 Å². The van der Waals surface area contributed by atoms with Crippen LogP contribution in [0.15, 0.2) is 40.8 Å². The summed E-state index contributed by atoms with van der Waals surface area (Å²) in [6.45, 7) is 4.52. The summed E-state index contributed by atoms with van der Waals surface area (Å²) < 4.78 is 43.0. The van der Waals surface area contributed by atoms with Gasteiger partial charge >= 0.3 is 6.01 Å². The fourth-order valence-electron chi connectivity index (χ4n) is 2.41. The number of benzene rings is 2. The molecule has 1 heterocycles. The molecule has 2 aromatic carbocycles. The van der Waals surface area contributed by atoms with Crippen LogP contribution >= 0.6 is 0 Å². The van der Waals surface area contributed by atoms with E-state index in [2.05, 4.69) is 15.5 Å². The van der Waals surface area contributed by atoms with E-state index in [9.17, 15) is 13.6 Å². The SMILES string of the molecule is CCOc1ccc(C(=O)Nc2nnc(-c3ccc(F)cc3F)o2)cc1OCC. The van der Waals surface area contributed by atoms with Crippen molar-refractivity contribution in [1.82, 2.24) is 10.2 Å². The predicted molar refractivity (Wildman–Crippen MR) is 96.4 cm³/mol. The minimum Gasteiger partial charge on any atom is -0.490 e. The van der Waals surface area contributed by atoms with Gasteiger partial charge in [0.1, 0.15) is 11.6 Å². The molecule has 0 aliphatic heterocycles. The van der Waals surface area contributed by atoms with Gasteiger partial charge in [0, 0.05) is 11.6 Å². The molecule has 0 saturated heterocycles. The van der Waals surface area contributed by atoms with Gasteiger partial charge in [-0.25, -0.2) is 8.78 Å². The summed E-state index contributed by atoms with van der Waals surface area (Å²) in [5.74, 6) is -1.35. The van der Waals surface area contributed by atoms with Crippen molar-refractivity contribution in [2.45, 2.75) is 13.8 Å². The second-order valence-electron chi connectivity index (χ2n) is 5.52. The van der Waals surface area contributed by atoms with E-state index in [0.29, 0.717) is 30.8 Å². The Morgan fingerprint density at radius 1 is 1.04 bits per heavy atom. The molecule has 0 aliphatic rings. The van der Waals surface area contributed by atoms with Crippen molar-refractivity contribution in [3.63, 3.8) is 0 Å². The molecule has 1 N–H and O–H groups in total. The van der Waals surface area contributed by atoms with Gasteiger partial charge in [-0.2, -0.15) is 0 Å². The minimum atomic E-state index is -0.852. The van der Waals surface area contributed by atoms with Gasteiger partial charge in [-0.3, -0.25) is 10.1 Å². The van der Waals surface area contributed by atoms with Crippen LogP contribution in [-0.2, 0) is 0 Å². The number of amides is 1. The molecule has 9 heteroatoms. The van der Waals surface area contributed by atoms with E-state index in [1.165, 1.54) is 12.1 Å². The maximum Gasteiger partial charge on any atom is 0.322 e. The summed E-state index contributed by atoms with van der Waals surface area (Å²) in [4.78, 5) is 12.4. The first kappa shape index (κ1) is 19.3. The standard InChI is InChI=1S/C19H17F2N3O4/c1-3-26-15-8-5-11(9-16(15)27-4-2)17(25)22-19-24-23-18(28-19)13-7-6-12(20)10-14(13)21/h5-10H,3-4H2,1-2H3,(H,22,24,25). The van der Waals surface area contributed by atoms with Crippen molar-refractivity contribution in [2.24, 2.45) is 0 Å². The first-order valence-electron chi connectivity index (χ1n) is 8.51. The van der Waals surface area contributed by atoms with Gasteiger partial charge in [0.25, 0.3) is 11.8 Å². The number of carbonyl (C=O) groups excluding carboxylic acids is 1. The van der Waals surface area contributed by atoms with Gasteiger partial charge < -0.3 is 13.9 Å². The number of carbonyl (C=O) groups is 1. The molecule has 0 bridgehead atoms. The largest absolute Gasteiger partial charge is 0.490 e. The molecule has 1 amide bonds. The Morgan fingerprint density at radius 2 is 1.79 bits per heavy atom. The lowest BCUT2D eigenvalue weighted by Crippen LogP contribution is -2.12. The molecule has 7 nitrogen and oxygen atoms in total. The number of aromatic nitrogens is 2. The topological polar surface area (TPSA) is 86.5 Å². The molecule has 146 valence electrons. The van der Waals surface area contributed by atoms with Crippen molar-refractivity contribution in [1.29, 1.82) is 0 Å². The Bertz CT molecular complexity index is 991. The molecular weight excluding hydrogens is 372 g/mol. The van der Waals surface area contributed by atoms with E-state index in [1.54, 1.807) is 12.1 Å². The first-order valence-corrected chi connectivity index (χ1v) is 8.51. The zero-order chi connectivity index (χ0) is 20.1. The van der Waals surface area contributed by atoms with Crippen molar-refractivity contribution in [3.05, 3.63) is 53.6 Å². The summed E-state index contributed by atoms with van der Waals surface area (Å²) >= 11 is 0. The molecule has 0 unspecified atom stereocenters. The highest BCUT2D eigenvalue weighted by molar-refractivity contribution is 6.03. The van der Waals surface area contributed by atoms with E-state index in [1.807, 2.05) is 13.8 Å². The minimum absolute atomic E-state index is 0.0749. The smallest absolute Gasteiger partial charge is 0.322 e. The molecule has 0 aliphatic carbocycles. The maximum atomic E-state index is 13.8. The monoisotopic (exact) mass is 389 g/mol. The average molecular weight is 389 g/mol. The molecule has 28 heavy (non-hydrogen) atoms. The van der Waals surface area contributed by atoms with E-state index >= 15 is 0 Å². The summed E-state index contributed by atoms with van der Waals surface area (Å²) in [6.07, 6.45) is 0. The zero-order valence-corrected chi connectivity index (χ0v) is 15.2. The van der Waals surface area contributed by atoms with Crippen LogP contribution in [0.4, 0.5) is 14.8 Å².